The predicted octanol–water partition coefficient (Wildman–Crippen LogP) is 3.00. The number of nitrogens with one attached hydrogen (secondary N) is 3. The average molecular weight is 431 g/mol. The van der Waals surface area contributed by atoms with Crippen LogP contribution in [0.3, 0.4) is 0 Å². The number of hydrogen-bond acceptors (Lipinski definition) is 3. The van der Waals surface area contributed by atoms with Gasteiger partial charge >= 0.3 is 6.18 Å². The molecule has 4 rings (SSSR count). The molecule has 1 fully saturated rings. The lowest BCUT2D eigenvalue weighted by atomic mass is 9.90. The molecule has 2 heterocycles. The van der Waals surface area contributed by atoms with Crippen LogP contribution in [0.2, 0.25) is 0 Å². The van der Waals surface area contributed by atoms with Gasteiger partial charge in [0.05, 0.1) is 6.04 Å². The molecule has 164 valence electrons. The summed E-state index contributed by atoms with van der Waals surface area (Å²) in [5, 5.41) is 8.19. The van der Waals surface area contributed by atoms with Crippen LogP contribution in [0.5, 0.6) is 0 Å². The molecule has 2 aromatic carbocycles. The van der Waals surface area contributed by atoms with Crippen molar-refractivity contribution in [2.24, 2.45) is 5.92 Å². The fourth-order valence-electron chi connectivity index (χ4n) is 4.23. The third-order valence-electron chi connectivity index (χ3n) is 5.96. The lowest BCUT2D eigenvalue weighted by Gasteiger charge is -2.31. The number of rotatable bonds is 4. The van der Waals surface area contributed by atoms with Gasteiger partial charge < -0.3 is 16.0 Å². The standard InChI is InChI=1S/C23H24F3N3O2/c24-23(25,26)19-9-8-18(21(30)28-19)22(31)29-20(15-4-2-1-3-5-15)16-7-6-14-10-11-27-13-17(14)12-16/h1-7,12,18-20,27H,8-11,13H2,(H,28,30)(H,29,31). The summed E-state index contributed by atoms with van der Waals surface area (Å²) in [6.45, 7) is 1.66. The minimum atomic E-state index is -4.51. The van der Waals surface area contributed by atoms with Crippen molar-refractivity contribution in [2.75, 3.05) is 6.54 Å². The van der Waals surface area contributed by atoms with Gasteiger partial charge in [-0.3, -0.25) is 9.59 Å². The molecule has 0 bridgehead atoms. The van der Waals surface area contributed by atoms with Crippen LogP contribution in [-0.2, 0) is 22.6 Å². The van der Waals surface area contributed by atoms with E-state index >= 15 is 0 Å². The Kier molecular flexibility index (Phi) is 6.00. The summed E-state index contributed by atoms with van der Waals surface area (Å²) >= 11 is 0. The highest BCUT2D eigenvalue weighted by Crippen LogP contribution is 2.30. The molecule has 0 aromatic heterocycles. The van der Waals surface area contributed by atoms with E-state index in [4.69, 9.17) is 0 Å². The van der Waals surface area contributed by atoms with Crippen LogP contribution in [-0.4, -0.2) is 30.6 Å². The second-order valence-corrected chi connectivity index (χ2v) is 8.04. The van der Waals surface area contributed by atoms with E-state index in [0.29, 0.717) is 0 Å². The van der Waals surface area contributed by atoms with Crippen molar-refractivity contribution in [1.29, 1.82) is 0 Å². The summed E-state index contributed by atoms with van der Waals surface area (Å²) in [6, 6.07) is 13.0. The topological polar surface area (TPSA) is 70.2 Å². The summed E-state index contributed by atoms with van der Waals surface area (Å²) in [4.78, 5) is 25.2. The van der Waals surface area contributed by atoms with Crippen molar-refractivity contribution in [3.63, 3.8) is 0 Å². The van der Waals surface area contributed by atoms with Gasteiger partial charge in [-0.1, -0.05) is 48.5 Å². The molecule has 0 saturated carbocycles. The van der Waals surface area contributed by atoms with Gasteiger partial charge in [0.1, 0.15) is 12.0 Å². The van der Waals surface area contributed by atoms with Crippen molar-refractivity contribution in [3.8, 4) is 0 Å². The fraction of sp³-hybridized carbons (Fsp3) is 0.391. The maximum atomic E-state index is 12.9. The molecule has 2 aliphatic rings. The summed E-state index contributed by atoms with van der Waals surface area (Å²) in [6.07, 6.45) is -4.03. The zero-order valence-electron chi connectivity index (χ0n) is 16.8. The van der Waals surface area contributed by atoms with Crippen LogP contribution in [0, 0.1) is 5.92 Å². The van der Waals surface area contributed by atoms with Crippen molar-refractivity contribution < 1.29 is 22.8 Å². The monoisotopic (exact) mass is 431 g/mol. The maximum absolute atomic E-state index is 12.9. The van der Waals surface area contributed by atoms with E-state index in [1.54, 1.807) is 0 Å². The van der Waals surface area contributed by atoms with Crippen LogP contribution >= 0.6 is 0 Å². The van der Waals surface area contributed by atoms with Crippen molar-refractivity contribution in [1.82, 2.24) is 16.0 Å². The molecule has 3 N–H and O–H groups in total. The van der Waals surface area contributed by atoms with E-state index in [9.17, 15) is 22.8 Å². The third kappa shape index (κ3) is 4.74. The number of halogens is 3. The molecule has 2 aromatic rings. The molecule has 0 spiro atoms. The van der Waals surface area contributed by atoms with Crippen molar-refractivity contribution in [2.45, 2.75) is 44.1 Å². The number of hydrogen-bond donors (Lipinski definition) is 3. The van der Waals surface area contributed by atoms with Crippen LogP contribution in [0.25, 0.3) is 0 Å². The average Bonchev–Trinajstić information content (AvgIpc) is 2.77. The number of benzene rings is 2. The quantitative estimate of drug-likeness (QED) is 0.652. The Morgan fingerprint density at radius 2 is 1.81 bits per heavy atom. The van der Waals surface area contributed by atoms with Gasteiger partial charge in [-0.05, 0) is 48.1 Å². The Hall–Kier alpha value is -2.87. The molecule has 31 heavy (non-hydrogen) atoms. The molecule has 8 heteroatoms. The van der Waals surface area contributed by atoms with Crippen LogP contribution in [0.4, 0.5) is 13.2 Å². The van der Waals surface area contributed by atoms with E-state index in [-0.39, 0.29) is 12.8 Å². The second-order valence-electron chi connectivity index (χ2n) is 8.04. The summed E-state index contributed by atoms with van der Waals surface area (Å²) < 4.78 is 38.7. The highest BCUT2D eigenvalue weighted by molar-refractivity contribution is 6.01. The number of carbonyl (C=O) groups excluding carboxylic acids is 2. The normalized spacial score (nSPS) is 22.2. The SMILES string of the molecule is O=C(NC(c1ccccc1)c1ccc2c(c1)CNCC2)C1CCC(C(F)(F)F)NC1=O. The highest BCUT2D eigenvalue weighted by Gasteiger charge is 2.46. The number of amides is 2. The Morgan fingerprint density at radius 1 is 1.03 bits per heavy atom. The number of fused-ring (bicyclic) bond motifs is 1. The Bertz CT molecular complexity index is 962. The predicted molar refractivity (Wildman–Crippen MR) is 109 cm³/mol. The van der Waals surface area contributed by atoms with Crippen molar-refractivity contribution in [3.05, 3.63) is 70.8 Å². The van der Waals surface area contributed by atoms with Crippen LogP contribution in [0.15, 0.2) is 48.5 Å². The number of carbonyl (C=O) groups is 2. The highest BCUT2D eigenvalue weighted by atomic mass is 19.4. The summed E-state index contributed by atoms with van der Waals surface area (Å²) in [7, 11) is 0. The maximum Gasteiger partial charge on any atom is 0.408 e. The van der Waals surface area contributed by atoms with E-state index in [2.05, 4.69) is 16.7 Å². The first-order valence-electron chi connectivity index (χ1n) is 10.4. The van der Waals surface area contributed by atoms with E-state index in [1.165, 1.54) is 5.56 Å². The van der Waals surface area contributed by atoms with E-state index in [1.807, 2.05) is 47.8 Å². The minimum absolute atomic E-state index is 0.141. The molecule has 5 nitrogen and oxygen atoms in total. The smallest absolute Gasteiger partial charge is 0.344 e. The lowest BCUT2D eigenvalue weighted by Crippen LogP contribution is -2.54. The Labute approximate surface area is 178 Å². The minimum Gasteiger partial charge on any atom is -0.344 e. The van der Waals surface area contributed by atoms with Crippen LogP contribution < -0.4 is 16.0 Å². The third-order valence-corrected chi connectivity index (χ3v) is 5.96. The van der Waals surface area contributed by atoms with Crippen molar-refractivity contribution >= 4 is 11.8 Å². The molecular formula is C23H24F3N3O2. The molecule has 3 atom stereocenters. The zero-order valence-corrected chi connectivity index (χ0v) is 16.8. The van der Waals surface area contributed by atoms with Crippen LogP contribution in [0.1, 0.15) is 41.1 Å². The molecule has 0 aliphatic carbocycles. The first kappa shape index (κ1) is 21.4. The van der Waals surface area contributed by atoms with Gasteiger partial charge in [0.2, 0.25) is 11.8 Å². The molecular weight excluding hydrogens is 407 g/mol. The number of alkyl halides is 3. The van der Waals surface area contributed by atoms with E-state index < -0.39 is 36.0 Å². The Balaban J connectivity index is 1.56. The zero-order chi connectivity index (χ0) is 22.0. The van der Waals surface area contributed by atoms with Gasteiger partial charge in [-0.2, -0.15) is 13.2 Å². The van der Waals surface area contributed by atoms with E-state index in [0.717, 1.165) is 36.2 Å². The van der Waals surface area contributed by atoms with Gasteiger partial charge in [0.15, 0.2) is 0 Å². The first-order valence-corrected chi connectivity index (χ1v) is 10.4. The Morgan fingerprint density at radius 3 is 2.52 bits per heavy atom. The lowest BCUT2D eigenvalue weighted by molar-refractivity contribution is -0.171. The molecule has 1 saturated heterocycles. The summed E-state index contributed by atoms with van der Waals surface area (Å²) in [5.74, 6) is -2.60. The van der Waals surface area contributed by atoms with Gasteiger partial charge in [0.25, 0.3) is 0 Å². The number of piperidine rings is 1. The fourth-order valence-corrected chi connectivity index (χ4v) is 4.23. The first-order chi connectivity index (χ1) is 14.8. The second kappa shape index (κ2) is 8.70. The molecule has 2 aliphatic heterocycles. The van der Waals surface area contributed by atoms with Gasteiger partial charge in [0, 0.05) is 6.54 Å². The molecule has 0 radical (unpaired) electrons. The summed E-state index contributed by atoms with van der Waals surface area (Å²) in [5.41, 5.74) is 4.11. The largest absolute Gasteiger partial charge is 0.408 e. The van der Waals surface area contributed by atoms with Gasteiger partial charge in [-0.15, -0.1) is 0 Å². The molecule has 3 unspecified atom stereocenters. The molecule has 2 amide bonds. The van der Waals surface area contributed by atoms with Gasteiger partial charge in [-0.25, -0.2) is 0 Å².